The number of ether oxygens (including phenoxy) is 1. The van der Waals surface area contributed by atoms with E-state index in [0.29, 0.717) is 6.42 Å². The van der Waals surface area contributed by atoms with Crippen molar-refractivity contribution in [2.24, 2.45) is 11.3 Å². The molecule has 182 valence electrons. The maximum atomic E-state index is 12.8. The van der Waals surface area contributed by atoms with Gasteiger partial charge in [-0.3, -0.25) is 4.79 Å². The molecule has 0 aromatic heterocycles. The number of carboxylic acid groups (broad SMARTS) is 1. The van der Waals surface area contributed by atoms with Crippen LogP contribution in [0.1, 0.15) is 57.6 Å². The van der Waals surface area contributed by atoms with Crippen molar-refractivity contribution in [2.45, 2.75) is 52.5 Å². The second-order valence-corrected chi connectivity index (χ2v) is 9.84. The zero-order chi connectivity index (χ0) is 24.9. The van der Waals surface area contributed by atoms with Crippen LogP contribution in [0.5, 0.6) is 0 Å². The van der Waals surface area contributed by atoms with Gasteiger partial charge >= 0.3 is 12.1 Å². The number of carbonyl (C=O) groups is 3. The number of fused-ring (bicyclic) bond motifs is 3. The molecule has 3 rings (SSSR count). The number of hydrogen-bond donors (Lipinski definition) is 3. The Morgan fingerprint density at radius 2 is 1.56 bits per heavy atom. The first-order valence-electron chi connectivity index (χ1n) is 11.8. The van der Waals surface area contributed by atoms with E-state index in [-0.39, 0.29) is 25.0 Å². The molecule has 0 radical (unpaired) electrons. The van der Waals surface area contributed by atoms with Gasteiger partial charge in [-0.15, -0.1) is 0 Å². The van der Waals surface area contributed by atoms with E-state index >= 15 is 0 Å². The average molecular weight is 467 g/mol. The monoisotopic (exact) mass is 466 g/mol. The van der Waals surface area contributed by atoms with Gasteiger partial charge in [0.25, 0.3) is 0 Å². The Balaban J connectivity index is 1.59. The van der Waals surface area contributed by atoms with Crippen molar-refractivity contribution >= 4 is 18.0 Å². The van der Waals surface area contributed by atoms with Crippen molar-refractivity contribution in [2.75, 3.05) is 13.2 Å². The maximum Gasteiger partial charge on any atom is 0.407 e. The Morgan fingerprint density at radius 3 is 2.06 bits per heavy atom. The SMILES string of the molecule is CCCC(CNC(=O)OCC1c2ccccc2-c2ccccc21)C(=O)NC(C(=O)O)C(C)(C)C. The van der Waals surface area contributed by atoms with Gasteiger partial charge in [0.1, 0.15) is 12.6 Å². The molecule has 7 nitrogen and oxygen atoms in total. The van der Waals surface area contributed by atoms with Crippen LogP contribution >= 0.6 is 0 Å². The summed E-state index contributed by atoms with van der Waals surface area (Å²) in [7, 11) is 0. The highest BCUT2D eigenvalue weighted by molar-refractivity contribution is 5.86. The first-order valence-corrected chi connectivity index (χ1v) is 11.8. The lowest BCUT2D eigenvalue weighted by molar-refractivity contribution is -0.145. The van der Waals surface area contributed by atoms with E-state index in [0.717, 1.165) is 28.7 Å². The molecule has 34 heavy (non-hydrogen) atoms. The van der Waals surface area contributed by atoms with Crippen LogP contribution < -0.4 is 10.6 Å². The largest absolute Gasteiger partial charge is 0.480 e. The Bertz CT molecular complexity index is 998. The summed E-state index contributed by atoms with van der Waals surface area (Å²) in [6.45, 7) is 7.48. The van der Waals surface area contributed by atoms with E-state index in [1.807, 2.05) is 31.2 Å². The van der Waals surface area contributed by atoms with Crippen molar-refractivity contribution in [1.82, 2.24) is 10.6 Å². The summed E-state index contributed by atoms with van der Waals surface area (Å²) in [4.78, 5) is 36.9. The lowest BCUT2D eigenvalue weighted by Crippen LogP contribution is -2.52. The average Bonchev–Trinajstić information content (AvgIpc) is 3.11. The fourth-order valence-corrected chi connectivity index (χ4v) is 4.44. The molecule has 0 spiro atoms. The summed E-state index contributed by atoms with van der Waals surface area (Å²) in [5.41, 5.74) is 3.92. The Hall–Kier alpha value is -3.35. The van der Waals surface area contributed by atoms with Gasteiger partial charge in [0.15, 0.2) is 0 Å². The van der Waals surface area contributed by atoms with Crippen LogP contribution in [0.15, 0.2) is 48.5 Å². The molecule has 2 amide bonds. The van der Waals surface area contributed by atoms with E-state index in [4.69, 9.17) is 4.74 Å². The molecule has 0 saturated heterocycles. The zero-order valence-electron chi connectivity index (χ0n) is 20.3. The van der Waals surface area contributed by atoms with Crippen molar-refractivity contribution in [1.29, 1.82) is 0 Å². The third-order valence-corrected chi connectivity index (χ3v) is 6.24. The fraction of sp³-hybridized carbons (Fsp3) is 0.444. The number of carboxylic acids is 1. The van der Waals surface area contributed by atoms with Crippen molar-refractivity contribution in [3.05, 3.63) is 59.7 Å². The molecule has 2 unspecified atom stereocenters. The van der Waals surface area contributed by atoms with Gasteiger partial charge in [-0.1, -0.05) is 82.6 Å². The minimum atomic E-state index is -1.08. The van der Waals surface area contributed by atoms with Crippen LogP contribution in [0.3, 0.4) is 0 Å². The third kappa shape index (κ3) is 5.76. The van der Waals surface area contributed by atoms with Gasteiger partial charge < -0.3 is 20.5 Å². The minimum Gasteiger partial charge on any atom is -0.480 e. The minimum absolute atomic E-state index is 0.0454. The van der Waals surface area contributed by atoms with Gasteiger partial charge in [-0.05, 0) is 34.1 Å². The highest BCUT2D eigenvalue weighted by Gasteiger charge is 2.34. The van der Waals surface area contributed by atoms with Crippen LogP contribution in [-0.4, -0.2) is 42.3 Å². The number of amides is 2. The molecule has 1 aliphatic rings. The van der Waals surface area contributed by atoms with Gasteiger partial charge in [0.05, 0.1) is 5.92 Å². The predicted molar refractivity (Wildman–Crippen MR) is 130 cm³/mol. The van der Waals surface area contributed by atoms with E-state index in [2.05, 4.69) is 34.9 Å². The quantitative estimate of drug-likeness (QED) is 0.503. The molecule has 2 atom stereocenters. The molecule has 3 N–H and O–H groups in total. The number of rotatable bonds is 9. The maximum absolute atomic E-state index is 12.8. The fourth-order valence-electron chi connectivity index (χ4n) is 4.44. The standard InChI is InChI=1S/C27H34N2O5/c1-5-10-17(24(30)29-23(25(31)32)27(2,3)4)15-28-26(33)34-16-22-20-13-8-6-11-18(20)19-12-7-9-14-21(19)22/h6-9,11-14,17,22-23H,5,10,15-16H2,1-4H3,(H,28,33)(H,29,30)(H,31,32). The molecule has 1 aliphatic carbocycles. The highest BCUT2D eigenvalue weighted by Crippen LogP contribution is 2.44. The van der Waals surface area contributed by atoms with Crippen molar-refractivity contribution < 1.29 is 24.2 Å². The lowest BCUT2D eigenvalue weighted by atomic mass is 9.86. The highest BCUT2D eigenvalue weighted by atomic mass is 16.5. The molecule has 0 bridgehead atoms. The topological polar surface area (TPSA) is 105 Å². The smallest absolute Gasteiger partial charge is 0.407 e. The number of carbonyl (C=O) groups excluding carboxylic acids is 2. The van der Waals surface area contributed by atoms with Crippen LogP contribution in [0.2, 0.25) is 0 Å². The zero-order valence-corrected chi connectivity index (χ0v) is 20.3. The van der Waals surface area contributed by atoms with Crippen LogP contribution in [-0.2, 0) is 14.3 Å². The van der Waals surface area contributed by atoms with Crippen LogP contribution in [0, 0.1) is 11.3 Å². The summed E-state index contributed by atoms with van der Waals surface area (Å²) in [5.74, 6) is -2.06. The van der Waals surface area contributed by atoms with E-state index in [1.165, 1.54) is 0 Å². The Labute approximate surface area is 200 Å². The first kappa shape index (κ1) is 25.3. The Kier molecular flexibility index (Phi) is 7.97. The van der Waals surface area contributed by atoms with E-state index in [1.54, 1.807) is 20.8 Å². The predicted octanol–water partition coefficient (Wildman–Crippen LogP) is 4.56. The Morgan fingerprint density at radius 1 is 1.00 bits per heavy atom. The summed E-state index contributed by atoms with van der Waals surface area (Å²) < 4.78 is 5.55. The van der Waals surface area contributed by atoms with Crippen molar-refractivity contribution in [3.63, 3.8) is 0 Å². The van der Waals surface area contributed by atoms with Crippen LogP contribution in [0.25, 0.3) is 11.1 Å². The summed E-state index contributed by atoms with van der Waals surface area (Å²) in [6, 6.07) is 15.2. The molecular weight excluding hydrogens is 432 g/mol. The molecule has 2 aromatic rings. The number of alkyl carbamates (subject to hydrolysis) is 1. The molecular formula is C27H34N2O5. The number of aliphatic carboxylic acids is 1. The molecule has 0 heterocycles. The first-order chi connectivity index (χ1) is 16.1. The van der Waals surface area contributed by atoms with Gasteiger partial charge in [0.2, 0.25) is 5.91 Å². The van der Waals surface area contributed by atoms with Crippen molar-refractivity contribution in [3.8, 4) is 11.1 Å². The third-order valence-electron chi connectivity index (χ3n) is 6.24. The van der Waals surface area contributed by atoms with Gasteiger partial charge in [-0.2, -0.15) is 0 Å². The molecule has 7 heteroatoms. The van der Waals surface area contributed by atoms with Crippen LogP contribution in [0.4, 0.5) is 4.79 Å². The van der Waals surface area contributed by atoms with Gasteiger partial charge in [-0.25, -0.2) is 9.59 Å². The molecule has 2 aromatic carbocycles. The number of hydrogen-bond acceptors (Lipinski definition) is 4. The van der Waals surface area contributed by atoms with E-state index in [9.17, 15) is 19.5 Å². The summed E-state index contributed by atoms with van der Waals surface area (Å²) >= 11 is 0. The second kappa shape index (κ2) is 10.7. The summed E-state index contributed by atoms with van der Waals surface area (Å²) in [5, 5.41) is 14.8. The summed E-state index contributed by atoms with van der Waals surface area (Å²) in [6.07, 6.45) is 0.644. The number of nitrogens with one attached hydrogen (secondary N) is 2. The molecule has 0 fully saturated rings. The second-order valence-electron chi connectivity index (χ2n) is 9.84. The molecule has 0 saturated carbocycles. The van der Waals surface area contributed by atoms with Gasteiger partial charge in [0, 0.05) is 12.5 Å². The normalized spacial score (nSPS) is 14.5. The van der Waals surface area contributed by atoms with E-state index < -0.39 is 29.4 Å². The number of benzene rings is 2. The lowest BCUT2D eigenvalue weighted by Gasteiger charge is -2.29. The molecule has 0 aliphatic heterocycles.